The van der Waals surface area contributed by atoms with Gasteiger partial charge in [0.2, 0.25) is 17.7 Å². The van der Waals surface area contributed by atoms with Crippen molar-refractivity contribution in [1.29, 1.82) is 0 Å². The maximum Gasteiger partial charge on any atom is 0.328 e. The lowest BCUT2D eigenvalue weighted by molar-refractivity contribution is -0.143. The molecular formula is C28H35N5O6. The SMILES string of the molecule is CC(C)C(N)C(=O)NC(Cc1c[nH]c2ccccc12)C(=O)NC(Cc1ccccc1)C(=O)NC(CO)C(=O)O. The van der Waals surface area contributed by atoms with E-state index in [0.29, 0.717) is 5.56 Å². The summed E-state index contributed by atoms with van der Waals surface area (Å²) in [7, 11) is 0. The zero-order chi connectivity index (χ0) is 28.5. The van der Waals surface area contributed by atoms with E-state index in [0.717, 1.165) is 16.5 Å². The Kier molecular flexibility index (Phi) is 10.2. The summed E-state index contributed by atoms with van der Waals surface area (Å²) >= 11 is 0. The topological polar surface area (TPSA) is 187 Å². The zero-order valence-electron chi connectivity index (χ0n) is 21.9. The van der Waals surface area contributed by atoms with Crippen LogP contribution in [-0.2, 0) is 32.0 Å². The number of fused-ring (bicyclic) bond motifs is 1. The number of nitrogens with one attached hydrogen (secondary N) is 4. The number of aliphatic hydroxyl groups excluding tert-OH is 1. The van der Waals surface area contributed by atoms with E-state index in [-0.39, 0.29) is 18.8 Å². The molecule has 4 unspecified atom stereocenters. The molecular weight excluding hydrogens is 502 g/mol. The molecule has 0 spiro atoms. The molecule has 11 heteroatoms. The van der Waals surface area contributed by atoms with Gasteiger partial charge in [-0.3, -0.25) is 14.4 Å². The highest BCUT2D eigenvalue weighted by Gasteiger charge is 2.31. The van der Waals surface area contributed by atoms with Crippen LogP contribution in [0.5, 0.6) is 0 Å². The average molecular weight is 538 g/mol. The summed E-state index contributed by atoms with van der Waals surface area (Å²) in [6, 6.07) is 11.7. The molecule has 1 aromatic heterocycles. The molecule has 11 nitrogen and oxygen atoms in total. The quantitative estimate of drug-likeness (QED) is 0.165. The van der Waals surface area contributed by atoms with Crippen molar-refractivity contribution in [1.82, 2.24) is 20.9 Å². The summed E-state index contributed by atoms with van der Waals surface area (Å²) in [4.78, 5) is 54.1. The minimum absolute atomic E-state index is 0.0510. The monoisotopic (exact) mass is 537 g/mol. The average Bonchev–Trinajstić information content (AvgIpc) is 3.33. The van der Waals surface area contributed by atoms with Crippen molar-refractivity contribution in [2.45, 2.75) is 50.9 Å². The molecule has 3 rings (SSSR count). The summed E-state index contributed by atoms with van der Waals surface area (Å²) in [5, 5.41) is 27.2. The number of carboxylic acids is 1. The smallest absolute Gasteiger partial charge is 0.328 e. The number of carbonyl (C=O) groups is 4. The predicted octanol–water partition coefficient (Wildman–Crippen LogP) is 0.468. The highest BCUT2D eigenvalue weighted by atomic mass is 16.4. The van der Waals surface area contributed by atoms with Crippen LogP contribution in [0.3, 0.4) is 0 Å². The van der Waals surface area contributed by atoms with Gasteiger partial charge in [0.15, 0.2) is 0 Å². The third-order valence-corrected chi connectivity index (χ3v) is 6.47. The van der Waals surface area contributed by atoms with Crippen molar-refractivity contribution in [3.63, 3.8) is 0 Å². The van der Waals surface area contributed by atoms with E-state index in [9.17, 15) is 29.4 Å². The molecule has 0 aliphatic carbocycles. The van der Waals surface area contributed by atoms with Gasteiger partial charge in [-0.25, -0.2) is 4.79 Å². The van der Waals surface area contributed by atoms with Crippen LogP contribution in [0.25, 0.3) is 10.9 Å². The highest BCUT2D eigenvalue weighted by molar-refractivity contribution is 5.95. The van der Waals surface area contributed by atoms with Crippen molar-refractivity contribution in [3.8, 4) is 0 Å². The number of benzene rings is 2. The van der Waals surface area contributed by atoms with E-state index in [1.807, 2.05) is 24.3 Å². The van der Waals surface area contributed by atoms with Gasteiger partial charge in [0.25, 0.3) is 0 Å². The van der Waals surface area contributed by atoms with E-state index in [1.165, 1.54) is 0 Å². The van der Waals surface area contributed by atoms with Crippen molar-refractivity contribution in [3.05, 3.63) is 71.9 Å². The Labute approximate surface area is 226 Å². The molecule has 8 N–H and O–H groups in total. The molecule has 208 valence electrons. The largest absolute Gasteiger partial charge is 0.480 e. The molecule has 0 fully saturated rings. The van der Waals surface area contributed by atoms with Crippen molar-refractivity contribution in [2.24, 2.45) is 11.7 Å². The Morgan fingerprint density at radius 3 is 2.00 bits per heavy atom. The van der Waals surface area contributed by atoms with Gasteiger partial charge >= 0.3 is 5.97 Å². The second kappa shape index (κ2) is 13.5. The molecule has 1 heterocycles. The van der Waals surface area contributed by atoms with Gasteiger partial charge < -0.3 is 36.9 Å². The van der Waals surface area contributed by atoms with Crippen LogP contribution in [0.15, 0.2) is 60.8 Å². The fourth-order valence-electron chi connectivity index (χ4n) is 4.09. The fourth-order valence-corrected chi connectivity index (χ4v) is 4.09. The van der Waals surface area contributed by atoms with E-state index in [1.54, 1.807) is 50.4 Å². The van der Waals surface area contributed by atoms with E-state index in [4.69, 9.17) is 5.73 Å². The molecule has 0 aliphatic heterocycles. The first-order valence-corrected chi connectivity index (χ1v) is 12.7. The predicted molar refractivity (Wildman–Crippen MR) is 145 cm³/mol. The van der Waals surface area contributed by atoms with E-state index >= 15 is 0 Å². The fraction of sp³-hybridized carbons (Fsp3) is 0.357. The van der Waals surface area contributed by atoms with E-state index < -0.39 is 54.5 Å². The molecule has 0 radical (unpaired) electrons. The van der Waals surface area contributed by atoms with Gasteiger partial charge in [-0.2, -0.15) is 0 Å². The number of para-hydroxylation sites is 1. The lowest BCUT2D eigenvalue weighted by Crippen LogP contribution is -2.58. The molecule has 4 atom stereocenters. The molecule has 0 bridgehead atoms. The molecule has 3 amide bonds. The molecule has 0 saturated heterocycles. The van der Waals surface area contributed by atoms with Crippen LogP contribution in [0.2, 0.25) is 0 Å². The number of carbonyl (C=O) groups excluding carboxylic acids is 3. The third-order valence-electron chi connectivity index (χ3n) is 6.47. The Balaban J connectivity index is 1.89. The number of hydrogen-bond acceptors (Lipinski definition) is 6. The number of amides is 3. The summed E-state index contributed by atoms with van der Waals surface area (Å²) < 4.78 is 0. The van der Waals surface area contributed by atoms with Gasteiger partial charge in [0.05, 0.1) is 12.6 Å². The second-order valence-electron chi connectivity index (χ2n) is 9.73. The Hall–Kier alpha value is -4.22. The minimum Gasteiger partial charge on any atom is -0.480 e. The van der Waals surface area contributed by atoms with Crippen LogP contribution in [0.1, 0.15) is 25.0 Å². The number of aromatic amines is 1. The Bertz CT molecular complexity index is 1290. The summed E-state index contributed by atoms with van der Waals surface area (Å²) in [6.07, 6.45) is 1.92. The van der Waals surface area contributed by atoms with Gasteiger partial charge in [-0.1, -0.05) is 62.4 Å². The lowest BCUT2D eigenvalue weighted by Gasteiger charge is -2.25. The minimum atomic E-state index is -1.54. The highest BCUT2D eigenvalue weighted by Crippen LogP contribution is 2.19. The van der Waals surface area contributed by atoms with Gasteiger partial charge in [-0.15, -0.1) is 0 Å². The van der Waals surface area contributed by atoms with Crippen LogP contribution in [0.4, 0.5) is 0 Å². The lowest BCUT2D eigenvalue weighted by atomic mass is 10.00. The number of H-pyrrole nitrogens is 1. The molecule has 39 heavy (non-hydrogen) atoms. The van der Waals surface area contributed by atoms with E-state index in [2.05, 4.69) is 20.9 Å². The first-order valence-electron chi connectivity index (χ1n) is 12.7. The molecule has 0 aliphatic rings. The summed E-state index contributed by atoms with van der Waals surface area (Å²) in [5.41, 5.74) is 8.38. The molecule has 0 saturated carbocycles. The van der Waals surface area contributed by atoms with Gasteiger partial charge in [0, 0.05) is 29.9 Å². The second-order valence-corrected chi connectivity index (χ2v) is 9.73. The van der Waals surface area contributed by atoms with Crippen LogP contribution in [0, 0.1) is 5.92 Å². The van der Waals surface area contributed by atoms with Gasteiger partial charge in [-0.05, 0) is 23.1 Å². The number of aliphatic carboxylic acids is 1. The Morgan fingerprint density at radius 1 is 0.821 bits per heavy atom. The van der Waals surface area contributed by atoms with Crippen molar-refractivity contribution in [2.75, 3.05) is 6.61 Å². The maximum atomic E-state index is 13.6. The number of aromatic nitrogens is 1. The van der Waals surface area contributed by atoms with Crippen molar-refractivity contribution >= 4 is 34.6 Å². The summed E-state index contributed by atoms with van der Waals surface area (Å²) in [6.45, 7) is 2.76. The maximum absolute atomic E-state index is 13.6. The first-order chi connectivity index (χ1) is 18.6. The normalized spacial score (nSPS) is 14.3. The zero-order valence-corrected chi connectivity index (χ0v) is 21.9. The number of carboxylic acid groups (broad SMARTS) is 1. The number of hydrogen-bond donors (Lipinski definition) is 7. The Morgan fingerprint density at radius 2 is 1.38 bits per heavy atom. The third kappa shape index (κ3) is 7.88. The van der Waals surface area contributed by atoms with Crippen molar-refractivity contribution < 1.29 is 29.4 Å². The summed E-state index contributed by atoms with van der Waals surface area (Å²) in [5.74, 6) is -3.53. The van der Waals surface area contributed by atoms with Crippen LogP contribution >= 0.6 is 0 Å². The molecule has 3 aromatic rings. The number of nitrogens with two attached hydrogens (primary N) is 1. The first kappa shape index (κ1) is 29.3. The van der Waals surface area contributed by atoms with Gasteiger partial charge in [0.1, 0.15) is 18.1 Å². The number of aliphatic hydroxyl groups is 1. The van der Waals surface area contributed by atoms with Crippen LogP contribution < -0.4 is 21.7 Å². The molecule has 2 aromatic carbocycles. The van der Waals surface area contributed by atoms with Crippen LogP contribution in [-0.4, -0.2) is 69.7 Å². The number of rotatable bonds is 13. The standard InChI is InChI=1S/C28H35N5O6/c1-16(2)24(29)27(37)32-22(13-18-14-30-20-11-7-6-10-19(18)20)26(36)31-21(12-17-8-4-3-5-9-17)25(35)33-23(15-34)28(38)39/h3-11,14,16,21-24,30,34H,12-13,15,29H2,1-2H3,(H,31,36)(H,32,37)(H,33,35)(H,38,39).